The number of likely N-dealkylation sites (tertiary alicyclic amines) is 1. The summed E-state index contributed by atoms with van der Waals surface area (Å²) in [5.41, 5.74) is 3.52. The standard InChI is InChI=1S/C21H30N2O3/c1-13-8-9-16(10-14(13)2)15(3)22-20(24)12-23-18-7-5-4-6-17(18)11-19(23)21(25)26/h8-10,15,17-19H,4-7,11-12H2,1-3H3,(H,22,24)(H,25,26). The van der Waals surface area contributed by atoms with Crippen molar-refractivity contribution in [1.29, 1.82) is 0 Å². The topological polar surface area (TPSA) is 69.6 Å². The molecule has 1 saturated heterocycles. The van der Waals surface area contributed by atoms with Crippen molar-refractivity contribution in [2.45, 2.75) is 71.0 Å². The van der Waals surface area contributed by atoms with Gasteiger partial charge in [0.25, 0.3) is 0 Å². The summed E-state index contributed by atoms with van der Waals surface area (Å²) in [5.74, 6) is -0.461. The van der Waals surface area contributed by atoms with Crippen LogP contribution in [0.3, 0.4) is 0 Å². The van der Waals surface area contributed by atoms with Gasteiger partial charge in [-0.25, -0.2) is 0 Å². The Labute approximate surface area is 155 Å². The highest BCUT2D eigenvalue weighted by Crippen LogP contribution is 2.39. The van der Waals surface area contributed by atoms with E-state index in [4.69, 9.17) is 0 Å². The van der Waals surface area contributed by atoms with Gasteiger partial charge in [0.2, 0.25) is 5.91 Å². The van der Waals surface area contributed by atoms with E-state index in [-0.39, 0.29) is 24.5 Å². The summed E-state index contributed by atoms with van der Waals surface area (Å²) in [5, 5.41) is 12.6. The van der Waals surface area contributed by atoms with Crippen LogP contribution in [0.25, 0.3) is 0 Å². The lowest BCUT2D eigenvalue weighted by atomic mass is 9.85. The number of aliphatic carboxylic acids is 1. The van der Waals surface area contributed by atoms with Gasteiger partial charge in [0.15, 0.2) is 0 Å². The fourth-order valence-electron chi connectivity index (χ4n) is 4.59. The second kappa shape index (κ2) is 7.78. The number of nitrogens with zero attached hydrogens (tertiary/aromatic N) is 1. The maximum absolute atomic E-state index is 12.6. The molecule has 3 rings (SSSR count). The summed E-state index contributed by atoms with van der Waals surface area (Å²) < 4.78 is 0. The van der Waals surface area contributed by atoms with E-state index in [9.17, 15) is 14.7 Å². The van der Waals surface area contributed by atoms with E-state index in [0.717, 1.165) is 24.8 Å². The molecule has 4 unspecified atom stereocenters. The Morgan fingerprint density at radius 2 is 1.96 bits per heavy atom. The maximum Gasteiger partial charge on any atom is 0.320 e. The van der Waals surface area contributed by atoms with Crippen LogP contribution in [0.15, 0.2) is 18.2 Å². The van der Waals surface area contributed by atoms with E-state index >= 15 is 0 Å². The first-order chi connectivity index (χ1) is 12.4. The summed E-state index contributed by atoms with van der Waals surface area (Å²) in [7, 11) is 0. The average Bonchev–Trinajstić information content (AvgIpc) is 2.96. The molecule has 1 aromatic carbocycles. The zero-order valence-electron chi connectivity index (χ0n) is 16.0. The molecular weight excluding hydrogens is 328 g/mol. The number of carboxylic acids is 1. The van der Waals surface area contributed by atoms with Crippen molar-refractivity contribution in [3.63, 3.8) is 0 Å². The molecule has 4 atom stereocenters. The summed E-state index contributed by atoms with van der Waals surface area (Å²) in [6.07, 6.45) is 5.09. The van der Waals surface area contributed by atoms with Crippen LogP contribution in [0.4, 0.5) is 0 Å². The smallest absolute Gasteiger partial charge is 0.320 e. The molecule has 26 heavy (non-hydrogen) atoms. The van der Waals surface area contributed by atoms with E-state index in [1.807, 2.05) is 17.9 Å². The molecule has 1 saturated carbocycles. The number of hydrogen-bond donors (Lipinski definition) is 2. The van der Waals surface area contributed by atoms with Gasteiger partial charge in [-0.15, -0.1) is 0 Å². The number of carboxylic acid groups (broad SMARTS) is 1. The Morgan fingerprint density at radius 1 is 1.23 bits per heavy atom. The van der Waals surface area contributed by atoms with Gasteiger partial charge in [-0.05, 0) is 62.6 Å². The highest BCUT2D eigenvalue weighted by molar-refractivity contribution is 5.80. The van der Waals surface area contributed by atoms with Crippen LogP contribution in [0.2, 0.25) is 0 Å². The van der Waals surface area contributed by atoms with E-state index in [1.54, 1.807) is 0 Å². The Hall–Kier alpha value is -1.88. The molecule has 0 spiro atoms. The van der Waals surface area contributed by atoms with Crippen molar-refractivity contribution in [2.24, 2.45) is 5.92 Å². The molecule has 5 heteroatoms. The van der Waals surface area contributed by atoms with Crippen molar-refractivity contribution in [2.75, 3.05) is 6.54 Å². The first-order valence-electron chi connectivity index (χ1n) is 9.72. The molecule has 1 aliphatic carbocycles. The van der Waals surface area contributed by atoms with Crippen LogP contribution < -0.4 is 5.32 Å². The number of nitrogens with one attached hydrogen (secondary N) is 1. The van der Waals surface area contributed by atoms with Crippen LogP contribution in [0.5, 0.6) is 0 Å². The zero-order valence-corrected chi connectivity index (χ0v) is 16.0. The molecule has 0 bridgehead atoms. The minimum atomic E-state index is -0.797. The normalized spacial score (nSPS) is 27.0. The highest BCUT2D eigenvalue weighted by atomic mass is 16.4. The van der Waals surface area contributed by atoms with E-state index in [2.05, 4.69) is 31.3 Å². The first kappa shape index (κ1) is 18.9. The molecule has 1 heterocycles. The van der Waals surface area contributed by atoms with Crippen molar-refractivity contribution < 1.29 is 14.7 Å². The van der Waals surface area contributed by atoms with Gasteiger partial charge in [-0.1, -0.05) is 31.0 Å². The third-order valence-electron chi connectivity index (χ3n) is 6.24. The molecular formula is C21H30N2O3. The molecule has 142 valence electrons. The molecule has 2 N–H and O–H groups in total. The molecule has 0 radical (unpaired) electrons. The quantitative estimate of drug-likeness (QED) is 0.848. The highest BCUT2D eigenvalue weighted by Gasteiger charge is 2.45. The van der Waals surface area contributed by atoms with Gasteiger partial charge < -0.3 is 10.4 Å². The van der Waals surface area contributed by atoms with Gasteiger partial charge in [0.05, 0.1) is 12.6 Å². The van der Waals surface area contributed by atoms with Gasteiger partial charge >= 0.3 is 5.97 Å². The fourth-order valence-corrected chi connectivity index (χ4v) is 4.59. The molecule has 1 amide bonds. The van der Waals surface area contributed by atoms with E-state index < -0.39 is 12.0 Å². The van der Waals surface area contributed by atoms with E-state index in [0.29, 0.717) is 12.3 Å². The Balaban J connectivity index is 1.65. The lowest BCUT2D eigenvalue weighted by Crippen LogP contribution is -2.47. The van der Waals surface area contributed by atoms with Gasteiger partial charge in [0, 0.05) is 6.04 Å². The SMILES string of the molecule is Cc1ccc(C(C)NC(=O)CN2C(C(=O)O)CC3CCCCC32)cc1C. The van der Waals surface area contributed by atoms with Crippen LogP contribution in [-0.2, 0) is 9.59 Å². The van der Waals surface area contributed by atoms with Gasteiger partial charge in [0.1, 0.15) is 6.04 Å². The fraction of sp³-hybridized carbons (Fsp3) is 0.619. The number of rotatable bonds is 5. The van der Waals surface area contributed by atoms with Gasteiger partial charge in [-0.3, -0.25) is 14.5 Å². The van der Waals surface area contributed by atoms with Crippen LogP contribution >= 0.6 is 0 Å². The predicted molar refractivity (Wildman–Crippen MR) is 101 cm³/mol. The number of amides is 1. The second-order valence-electron chi connectivity index (χ2n) is 8.01. The number of aryl methyl sites for hydroxylation is 2. The molecule has 0 aromatic heterocycles. The van der Waals surface area contributed by atoms with E-state index in [1.165, 1.54) is 17.5 Å². The maximum atomic E-state index is 12.6. The summed E-state index contributed by atoms with van der Waals surface area (Å²) in [4.78, 5) is 26.2. The molecule has 2 aliphatic rings. The minimum absolute atomic E-state index is 0.0881. The Kier molecular flexibility index (Phi) is 5.66. The lowest BCUT2D eigenvalue weighted by molar-refractivity contribution is -0.143. The summed E-state index contributed by atoms with van der Waals surface area (Å²) >= 11 is 0. The number of carbonyl (C=O) groups excluding carboxylic acids is 1. The zero-order chi connectivity index (χ0) is 18.8. The lowest BCUT2D eigenvalue weighted by Gasteiger charge is -2.32. The van der Waals surface area contributed by atoms with Gasteiger partial charge in [-0.2, -0.15) is 0 Å². The molecule has 5 nitrogen and oxygen atoms in total. The first-order valence-corrected chi connectivity index (χ1v) is 9.72. The number of carbonyl (C=O) groups is 2. The predicted octanol–water partition coefficient (Wildman–Crippen LogP) is 3.20. The van der Waals surface area contributed by atoms with Crippen LogP contribution in [0, 0.1) is 19.8 Å². The third-order valence-corrected chi connectivity index (χ3v) is 6.24. The van der Waals surface area contributed by atoms with Crippen molar-refractivity contribution in [3.05, 3.63) is 34.9 Å². The van der Waals surface area contributed by atoms with Crippen molar-refractivity contribution in [1.82, 2.24) is 10.2 Å². The third kappa shape index (κ3) is 3.93. The van der Waals surface area contributed by atoms with Crippen LogP contribution in [0.1, 0.15) is 61.8 Å². The average molecular weight is 358 g/mol. The van der Waals surface area contributed by atoms with Crippen molar-refractivity contribution in [3.8, 4) is 0 Å². The van der Waals surface area contributed by atoms with Crippen molar-refractivity contribution >= 4 is 11.9 Å². The summed E-state index contributed by atoms with van der Waals surface area (Å²) in [6.45, 7) is 6.29. The molecule has 1 aliphatic heterocycles. The molecule has 2 fully saturated rings. The molecule has 1 aromatic rings. The van der Waals surface area contributed by atoms with Crippen LogP contribution in [-0.4, -0.2) is 40.5 Å². The number of hydrogen-bond acceptors (Lipinski definition) is 3. The monoisotopic (exact) mass is 358 g/mol. The Morgan fingerprint density at radius 3 is 2.65 bits per heavy atom. The number of fused-ring (bicyclic) bond motifs is 1. The summed E-state index contributed by atoms with van der Waals surface area (Å²) in [6, 6.07) is 5.85. The minimum Gasteiger partial charge on any atom is -0.480 e. The largest absolute Gasteiger partial charge is 0.480 e. The second-order valence-corrected chi connectivity index (χ2v) is 8.01. The Bertz CT molecular complexity index is 688. The number of benzene rings is 1.